The fraction of sp³-hybridized carbons (Fsp3) is 0.250. The number of hydrogen-bond acceptors (Lipinski definition) is 5. The lowest BCUT2D eigenvalue weighted by Crippen LogP contribution is -2.31. The van der Waals surface area contributed by atoms with Crippen LogP contribution >= 0.6 is 15.9 Å². The van der Waals surface area contributed by atoms with Crippen molar-refractivity contribution in [2.75, 3.05) is 26.0 Å². The molecule has 30 heavy (non-hydrogen) atoms. The normalized spacial score (nSPS) is 13.7. The molecule has 1 N–H and O–H groups in total. The van der Waals surface area contributed by atoms with Crippen LogP contribution in [0.5, 0.6) is 0 Å². The van der Waals surface area contributed by atoms with Gasteiger partial charge >= 0.3 is 0 Å². The number of fused-ring (bicyclic) bond motifs is 1. The fourth-order valence-electron chi connectivity index (χ4n) is 3.07. The first-order chi connectivity index (χ1) is 14.1. The van der Waals surface area contributed by atoms with Crippen LogP contribution in [-0.2, 0) is 14.8 Å². The molecule has 0 fully saturated rings. The van der Waals surface area contributed by atoms with Gasteiger partial charge in [0.2, 0.25) is 15.9 Å². The summed E-state index contributed by atoms with van der Waals surface area (Å²) in [5, 5.41) is 2.60. The lowest BCUT2D eigenvalue weighted by molar-refractivity contribution is -0.116. The first kappa shape index (κ1) is 22.1. The van der Waals surface area contributed by atoms with Crippen LogP contribution in [0.3, 0.4) is 0 Å². The average Bonchev–Trinajstić information content (AvgIpc) is 2.92. The minimum absolute atomic E-state index is 0.00530. The monoisotopic (exact) mass is 493 g/mol. The van der Waals surface area contributed by atoms with Crippen molar-refractivity contribution in [3.63, 3.8) is 0 Å². The molecule has 0 aliphatic carbocycles. The summed E-state index contributed by atoms with van der Waals surface area (Å²) in [5.41, 5.74) is 0.860. The first-order valence-electron chi connectivity index (χ1n) is 9.10. The number of rotatable bonds is 7. The van der Waals surface area contributed by atoms with E-state index < -0.39 is 15.9 Å². The van der Waals surface area contributed by atoms with E-state index in [2.05, 4.69) is 21.2 Å². The molecule has 0 saturated carbocycles. The van der Waals surface area contributed by atoms with Gasteiger partial charge in [0.1, 0.15) is 4.90 Å². The summed E-state index contributed by atoms with van der Waals surface area (Å²) in [4.78, 5) is 38.3. The summed E-state index contributed by atoms with van der Waals surface area (Å²) in [7, 11) is -0.896. The first-order valence-corrected chi connectivity index (χ1v) is 11.3. The van der Waals surface area contributed by atoms with Gasteiger partial charge in [-0.05, 0) is 36.8 Å². The third-order valence-electron chi connectivity index (χ3n) is 4.64. The van der Waals surface area contributed by atoms with E-state index in [1.807, 2.05) is 0 Å². The summed E-state index contributed by atoms with van der Waals surface area (Å²) < 4.78 is 26.6. The lowest BCUT2D eigenvalue weighted by Gasteiger charge is -2.16. The molecule has 0 spiro atoms. The highest BCUT2D eigenvalue weighted by Crippen LogP contribution is 2.27. The van der Waals surface area contributed by atoms with Gasteiger partial charge in [-0.25, -0.2) is 12.7 Å². The van der Waals surface area contributed by atoms with E-state index in [1.165, 1.54) is 26.2 Å². The Morgan fingerprint density at radius 3 is 2.43 bits per heavy atom. The second-order valence-electron chi connectivity index (χ2n) is 6.89. The maximum Gasteiger partial charge on any atom is 0.261 e. The van der Waals surface area contributed by atoms with Gasteiger partial charge in [-0.1, -0.05) is 28.1 Å². The number of halogens is 1. The van der Waals surface area contributed by atoms with Crippen LogP contribution in [-0.4, -0.2) is 56.0 Å². The Morgan fingerprint density at radius 1 is 1.07 bits per heavy atom. The molecule has 0 atom stereocenters. The molecule has 1 aliphatic heterocycles. The van der Waals surface area contributed by atoms with Crippen LogP contribution in [0.4, 0.5) is 5.69 Å². The zero-order valence-electron chi connectivity index (χ0n) is 16.4. The number of nitrogens with zero attached hydrogens (tertiary/aromatic N) is 2. The number of para-hydroxylation sites is 1. The third kappa shape index (κ3) is 4.30. The number of carbonyl (C=O) groups excluding carboxylic acids is 3. The number of nitrogens with one attached hydrogen (secondary N) is 1. The molecule has 0 unspecified atom stereocenters. The highest BCUT2D eigenvalue weighted by Gasteiger charge is 2.35. The summed E-state index contributed by atoms with van der Waals surface area (Å²) in [6, 6.07) is 11.0. The van der Waals surface area contributed by atoms with Gasteiger partial charge in [0, 0.05) is 31.5 Å². The lowest BCUT2D eigenvalue weighted by atomic mass is 10.1. The molecule has 0 aromatic heterocycles. The SMILES string of the molecule is CN(C)S(=O)(=O)c1ccccc1NC(=O)CCCN1C(=O)c2ccc(Br)cc2C1=O. The maximum atomic E-state index is 12.5. The van der Waals surface area contributed by atoms with Crippen LogP contribution in [0, 0.1) is 0 Å². The molecule has 2 aromatic carbocycles. The maximum absolute atomic E-state index is 12.5. The quantitative estimate of drug-likeness (QED) is 0.597. The second kappa shape index (κ2) is 8.66. The number of benzene rings is 2. The molecule has 8 nitrogen and oxygen atoms in total. The highest BCUT2D eigenvalue weighted by atomic mass is 79.9. The molecule has 158 valence electrons. The van der Waals surface area contributed by atoms with Crippen LogP contribution in [0.25, 0.3) is 0 Å². The molecular weight excluding hydrogens is 474 g/mol. The molecule has 3 amide bonds. The molecule has 3 rings (SSSR count). The Hall–Kier alpha value is -2.56. The summed E-state index contributed by atoms with van der Waals surface area (Å²) in [6.07, 6.45) is 0.272. The van der Waals surface area contributed by atoms with E-state index >= 15 is 0 Å². The zero-order valence-corrected chi connectivity index (χ0v) is 18.8. The Morgan fingerprint density at radius 2 is 1.73 bits per heavy atom. The Balaban J connectivity index is 1.62. The van der Waals surface area contributed by atoms with E-state index in [-0.39, 0.29) is 41.8 Å². The molecule has 1 heterocycles. The van der Waals surface area contributed by atoms with Crippen molar-refractivity contribution < 1.29 is 22.8 Å². The highest BCUT2D eigenvalue weighted by molar-refractivity contribution is 9.10. The molecule has 2 aromatic rings. The van der Waals surface area contributed by atoms with Crippen molar-refractivity contribution in [2.45, 2.75) is 17.7 Å². The second-order valence-corrected chi connectivity index (χ2v) is 9.92. The fourth-order valence-corrected chi connectivity index (χ4v) is 4.47. The van der Waals surface area contributed by atoms with E-state index in [0.29, 0.717) is 15.6 Å². The molecule has 0 bridgehead atoms. The molecule has 10 heteroatoms. The van der Waals surface area contributed by atoms with Gasteiger partial charge in [-0.2, -0.15) is 0 Å². The van der Waals surface area contributed by atoms with Crippen molar-refractivity contribution in [1.29, 1.82) is 0 Å². The van der Waals surface area contributed by atoms with Crippen molar-refractivity contribution >= 4 is 49.4 Å². The van der Waals surface area contributed by atoms with E-state index in [1.54, 1.807) is 30.3 Å². The summed E-state index contributed by atoms with van der Waals surface area (Å²) >= 11 is 3.28. The minimum Gasteiger partial charge on any atom is -0.325 e. The van der Waals surface area contributed by atoms with Crippen LogP contribution in [0.1, 0.15) is 33.6 Å². The predicted octanol–water partition coefficient (Wildman–Crippen LogP) is 2.71. The van der Waals surface area contributed by atoms with Crippen molar-refractivity contribution in [3.05, 3.63) is 58.1 Å². The summed E-state index contributed by atoms with van der Waals surface area (Å²) in [6.45, 7) is 0.0923. The largest absolute Gasteiger partial charge is 0.325 e. The topological polar surface area (TPSA) is 104 Å². The average molecular weight is 494 g/mol. The Kier molecular flexibility index (Phi) is 6.39. The van der Waals surface area contributed by atoms with Gasteiger partial charge in [-0.15, -0.1) is 0 Å². The van der Waals surface area contributed by atoms with E-state index in [4.69, 9.17) is 0 Å². The van der Waals surface area contributed by atoms with Crippen LogP contribution in [0.2, 0.25) is 0 Å². The van der Waals surface area contributed by atoms with E-state index in [0.717, 1.165) is 9.21 Å². The van der Waals surface area contributed by atoms with Gasteiger partial charge in [0.15, 0.2) is 0 Å². The number of sulfonamides is 1. The smallest absolute Gasteiger partial charge is 0.261 e. The zero-order chi connectivity index (χ0) is 22.1. The molecular formula is C20H20BrN3O5S. The molecule has 1 aliphatic rings. The van der Waals surface area contributed by atoms with Gasteiger partial charge in [0.25, 0.3) is 11.8 Å². The van der Waals surface area contributed by atoms with Gasteiger partial charge in [0.05, 0.1) is 16.8 Å². The van der Waals surface area contributed by atoms with Crippen molar-refractivity contribution in [1.82, 2.24) is 9.21 Å². The predicted molar refractivity (Wildman–Crippen MR) is 115 cm³/mol. The molecule has 0 saturated heterocycles. The number of carbonyl (C=O) groups is 3. The van der Waals surface area contributed by atoms with Crippen LogP contribution < -0.4 is 5.32 Å². The Bertz CT molecular complexity index is 1130. The third-order valence-corrected chi connectivity index (χ3v) is 7.00. The Labute approximate surface area is 183 Å². The number of amides is 3. The van der Waals surface area contributed by atoms with Crippen molar-refractivity contribution in [3.8, 4) is 0 Å². The number of hydrogen-bond donors (Lipinski definition) is 1. The van der Waals surface area contributed by atoms with Crippen molar-refractivity contribution in [2.24, 2.45) is 0 Å². The number of imide groups is 1. The van der Waals surface area contributed by atoms with Crippen LogP contribution in [0.15, 0.2) is 51.8 Å². The standard InChI is InChI=1S/C20H20BrN3O5S/c1-23(2)30(28,29)17-7-4-3-6-16(17)22-18(25)8-5-11-24-19(26)14-10-9-13(21)12-15(14)20(24)27/h3-4,6-7,9-10,12H,5,8,11H2,1-2H3,(H,22,25). The molecule has 0 radical (unpaired) electrons. The summed E-state index contributed by atoms with van der Waals surface area (Å²) in [5.74, 6) is -1.18. The number of anilines is 1. The van der Waals surface area contributed by atoms with Gasteiger partial charge in [-0.3, -0.25) is 19.3 Å². The van der Waals surface area contributed by atoms with Gasteiger partial charge < -0.3 is 5.32 Å². The minimum atomic E-state index is -3.72. The van der Waals surface area contributed by atoms with E-state index in [9.17, 15) is 22.8 Å².